The number of hydrogen-bond acceptors (Lipinski definition) is 5. The summed E-state index contributed by atoms with van der Waals surface area (Å²) >= 11 is 0. The van der Waals surface area contributed by atoms with Gasteiger partial charge in [0, 0.05) is 17.0 Å². The summed E-state index contributed by atoms with van der Waals surface area (Å²) in [5, 5.41) is 12.8. The molecular weight excluding hydrogens is 286 g/mol. The maximum absolute atomic E-state index is 10.9. The van der Waals surface area contributed by atoms with E-state index in [1.54, 1.807) is 0 Å². The maximum Gasteiger partial charge on any atom is 0.374 e. The lowest BCUT2D eigenvalue weighted by molar-refractivity contribution is 0.0652. The number of rotatable bonds is 2. The fraction of sp³-hybridized carbons (Fsp3) is 0.375. The molecule has 1 aromatic carbocycles. The number of ether oxygens (including phenoxy) is 2. The summed E-state index contributed by atoms with van der Waals surface area (Å²) in [4.78, 5) is 10.9. The fourth-order valence-electron chi connectivity index (χ4n) is 2.63. The SMILES string of the molecule is Cc1cc2c(cc1-c1cc(C(=O)O)on1)OCC1(CC1)CO2. The number of carboxylic acid groups (broad SMARTS) is 1. The average molecular weight is 301 g/mol. The monoisotopic (exact) mass is 301 g/mol. The smallest absolute Gasteiger partial charge is 0.374 e. The highest BCUT2D eigenvalue weighted by molar-refractivity contribution is 5.86. The van der Waals surface area contributed by atoms with Gasteiger partial charge in [0.1, 0.15) is 5.69 Å². The molecule has 6 nitrogen and oxygen atoms in total. The minimum absolute atomic E-state index is 0.178. The Morgan fingerprint density at radius 3 is 2.45 bits per heavy atom. The lowest BCUT2D eigenvalue weighted by Gasteiger charge is -2.10. The van der Waals surface area contributed by atoms with E-state index in [4.69, 9.17) is 19.1 Å². The predicted octanol–water partition coefficient (Wildman–Crippen LogP) is 2.90. The largest absolute Gasteiger partial charge is 0.489 e. The predicted molar refractivity (Wildman–Crippen MR) is 76.3 cm³/mol. The number of benzene rings is 1. The third kappa shape index (κ3) is 2.11. The Morgan fingerprint density at radius 2 is 1.86 bits per heavy atom. The Morgan fingerprint density at radius 1 is 1.18 bits per heavy atom. The van der Waals surface area contributed by atoms with Crippen molar-refractivity contribution in [3.8, 4) is 22.8 Å². The fourth-order valence-corrected chi connectivity index (χ4v) is 2.63. The number of carboxylic acids is 1. The Bertz CT molecular complexity index is 760. The Labute approximate surface area is 126 Å². The average Bonchev–Trinajstić information content (AvgIpc) is 3.14. The van der Waals surface area contributed by atoms with E-state index < -0.39 is 5.97 Å². The number of nitrogens with zero attached hydrogens (tertiary/aromatic N) is 1. The van der Waals surface area contributed by atoms with Crippen molar-refractivity contribution in [2.24, 2.45) is 5.41 Å². The first-order chi connectivity index (χ1) is 10.6. The number of hydrogen-bond donors (Lipinski definition) is 1. The molecule has 4 rings (SSSR count). The van der Waals surface area contributed by atoms with Crippen molar-refractivity contribution in [1.29, 1.82) is 0 Å². The third-order valence-electron chi connectivity index (χ3n) is 4.31. The van der Waals surface area contributed by atoms with Crippen LogP contribution < -0.4 is 9.47 Å². The van der Waals surface area contributed by atoms with Crippen LogP contribution >= 0.6 is 0 Å². The second kappa shape index (κ2) is 4.50. The van der Waals surface area contributed by atoms with Crippen LogP contribution in [0.1, 0.15) is 29.0 Å². The molecule has 22 heavy (non-hydrogen) atoms. The molecule has 2 aliphatic rings. The lowest BCUT2D eigenvalue weighted by Crippen LogP contribution is -2.17. The third-order valence-corrected chi connectivity index (χ3v) is 4.31. The summed E-state index contributed by atoms with van der Waals surface area (Å²) in [5.74, 6) is 0.0797. The summed E-state index contributed by atoms with van der Waals surface area (Å²) < 4.78 is 16.6. The Kier molecular flexibility index (Phi) is 2.69. The van der Waals surface area contributed by atoms with E-state index in [0.29, 0.717) is 24.7 Å². The highest BCUT2D eigenvalue weighted by Crippen LogP contribution is 2.49. The number of carbonyl (C=O) groups is 1. The molecule has 1 aliphatic heterocycles. The first-order valence-corrected chi connectivity index (χ1v) is 7.17. The molecule has 0 radical (unpaired) electrons. The first-order valence-electron chi connectivity index (χ1n) is 7.17. The van der Waals surface area contributed by atoms with E-state index >= 15 is 0 Å². The van der Waals surface area contributed by atoms with Crippen molar-refractivity contribution in [3.63, 3.8) is 0 Å². The number of aromatic carboxylic acids is 1. The van der Waals surface area contributed by atoms with Gasteiger partial charge < -0.3 is 19.1 Å². The standard InChI is InChI=1S/C16H15NO5/c1-9-4-12-13(21-8-16(2-3-16)7-20-12)5-10(9)11-6-14(15(18)19)22-17-11/h4-6H,2-3,7-8H2,1H3,(H,18,19). The molecule has 1 aromatic heterocycles. The van der Waals surface area contributed by atoms with Crippen LogP contribution in [0, 0.1) is 12.3 Å². The Hall–Kier alpha value is -2.50. The highest BCUT2D eigenvalue weighted by Gasteiger charge is 2.46. The van der Waals surface area contributed by atoms with Gasteiger partial charge in [-0.05, 0) is 37.5 Å². The minimum atomic E-state index is -1.14. The molecule has 0 unspecified atom stereocenters. The molecule has 0 atom stereocenters. The first kappa shape index (κ1) is 13.2. The van der Waals surface area contributed by atoms with Crippen LogP contribution in [0.3, 0.4) is 0 Å². The molecule has 1 aliphatic carbocycles. The van der Waals surface area contributed by atoms with Gasteiger partial charge in [0.15, 0.2) is 11.5 Å². The zero-order valence-corrected chi connectivity index (χ0v) is 12.1. The van der Waals surface area contributed by atoms with Gasteiger partial charge >= 0.3 is 5.97 Å². The van der Waals surface area contributed by atoms with E-state index in [9.17, 15) is 4.79 Å². The van der Waals surface area contributed by atoms with E-state index in [2.05, 4.69) is 5.16 Å². The van der Waals surface area contributed by atoms with Gasteiger partial charge in [-0.3, -0.25) is 0 Å². The number of aromatic nitrogens is 1. The summed E-state index contributed by atoms with van der Waals surface area (Å²) in [6.45, 7) is 3.26. The van der Waals surface area contributed by atoms with Gasteiger partial charge in [-0.15, -0.1) is 0 Å². The van der Waals surface area contributed by atoms with E-state index in [1.807, 2.05) is 19.1 Å². The normalized spacial score (nSPS) is 18.0. The molecule has 0 amide bonds. The molecule has 0 saturated heterocycles. The second-order valence-electron chi connectivity index (χ2n) is 6.07. The minimum Gasteiger partial charge on any atom is -0.489 e. The van der Waals surface area contributed by atoms with Crippen LogP contribution in [0.2, 0.25) is 0 Å². The maximum atomic E-state index is 10.9. The van der Waals surface area contributed by atoms with Crippen molar-refractivity contribution < 1.29 is 23.9 Å². The molecular formula is C16H15NO5. The van der Waals surface area contributed by atoms with Crippen LogP contribution in [0.5, 0.6) is 11.5 Å². The molecule has 6 heteroatoms. The Balaban J connectivity index is 1.71. The van der Waals surface area contributed by atoms with Gasteiger partial charge in [0.2, 0.25) is 5.76 Å². The van der Waals surface area contributed by atoms with E-state index in [0.717, 1.165) is 29.7 Å². The topological polar surface area (TPSA) is 81.8 Å². The van der Waals surface area contributed by atoms with Gasteiger partial charge in [-0.2, -0.15) is 0 Å². The highest BCUT2D eigenvalue weighted by atomic mass is 16.5. The van der Waals surface area contributed by atoms with Crippen LogP contribution in [0.4, 0.5) is 0 Å². The van der Waals surface area contributed by atoms with Crippen LogP contribution in [0.15, 0.2) is 22.7 Å². The molecule has 2 aromatic rings. The zero-order chi connectivity index (χ0) is 15.3. The summed E-state index contributed by atoms with van der Waals surface area (Å²) in [5.41, 5.74) is 2.37. The van der Waals surface area contributed by atoms with Gasteiger partial charge in [-0.1, -0.05) is 5.16 Å². The van der Waals surface area contributed by atoms with E-state index in [-0.39, 0.29) is 11.2 Å². The molecule has 1 saturated carbocycles. The summed E-state index contributed by atoms with van der Waals surface area (Å²) in [6.07, 6.45) is 2.27. The molecule has 1 spiro atoms. The van der Waals surface area contributed by atoms with E-state index in [1.165, 1.54) is 6.07 Å². The van der Waals surface area contributed by atoms with Crippen LogP contribution in [0.25, 0.3) is 11.3 Å². The molecule has 0 bridgehead atoms. The summed E-state index contributed by atoms with van der Waals surface area (Å²) in [7, 11) is 0. The molecule has 114 valence electrons. The van der Waals surface area contributed by atoms with Crippen molar-refractivity contribution in [2.75, 3.05) is 13.2 Å². The van der Waals surface area contributed by atoms with Crippen molar-refractivity contribution in [3.05, 3.63) is 29.5 Å². The number of fused-ring (bicyclic) bond motifs is 1. The molecule has 1 N–H and O–H groups in total. The van der Waals surface area contributed by atoms with Gasteiger partial charge in [-0.25, -0.2) is 4.79 Å². The van der Waals surface area contributed by atoms with Gasteiger partial charge in [0.05, 0.1) is 13.2 Å². The van der Waals surface area contributed by atoms with Crippen molar-refractivity contribution in [1.82, 2.24) is 5.16 Å². The quantitative estimate of drug-likeness (QED) is 0.918. The lowest BCUT2D eigenvalue weighted by atomic mass is 10.0. The van der Waals surface area contributed by atoms with Crippen molar-refractivity contribution >= 4 is 5.97 Å². The molecule has 2 heterocycles. The van der Waals surface area contributed by atoms with Gasteiger partial charge in [0.25, 0.3) is 0 Å². The summed E-state index contributed by atoms with van der Waals surface area (Å²) in [6, 6.07) is 5.16. The number of aryl methyl sites for hydroxylation is 1. The second-order valence-corrected chi connectivity index (χ2v) is 6.07. The van der Waals surface area contributed by atoms with Crippen LogP contribution in [-0.2, 0) is 0 Å². The molecule has 1 fully saturated rings. The zero-order valence-electron chi connectivity index (χ0n) is 12.1. The van der Waals surface area contributed by atoms with Crippen molar-refractivity contribution in [2.45, 2.75) is 19.8 Å². The van der Waals surface area contributed by atoms with Crippen LogP contribution in [-0.4, -0.2) is 29.4 Å².